The van der Waals surface area contributed by atoms with Crippen molar-refractivity contribution in [1.29, 1.82) is 0 Å². The van der Waals surface area contributed by atoms with Gasteiger partial charge in [0.15, 0.2) is 0 Å². The van der Waals surface area contributed by atoms with Crippen molar-refractivity contribution in [2.24, 2.45) is 5.92 Å². The zero-order chi connectivity index (χ0) is 20.7. The fourth-order valence-electron chi connectivity index (χ4n) is 3.48. The molecular weight excluding hydrogens is 406 g/mol. The minimum atomic E-state index is -3.67. The minimum Gasteiger partial charge on any atom is -0.352 e. The van der Waals surface area contributed by atoms with Crippen LogP contribution in [0.2, 0.25) is 0 Å². The Balaban J connectivity index is 1.54. The summed E-state index contributed by atoms with van der Waals surface area (Å²) in [4.78, 5) is 16.0. The van der Waals surface area contributed by atoms with Gasteiger partial charge in [-0.25, -0.2) is 13.1 Å². The topological polar surface area (TPSA) is 78.5 Å². The molecule has 1 fully saturated rings. The number of hydrogen-bond acceptors (Lipinski definition) is 5. The molecule has 1 amide bonds. The highest BCUT2D eigenvalue weighted by Crippen LogP contribution is 2.15. The van der Waals surface area contributed by atoms with E-state index >= 15 is 0 Å². The van der Waals surface area contributed by atoms with E-state index < -0.39 is 10.0 Å². The molecule has 6 nitrogen and oxygen atoms in total. The number of likely N-dealkylation sites (tertiary alicyclic amines) is 1. The monoisotopic (exact) mass is 435 g/mol. The van der Waals surface area contributed by atoms with Gasteiger partial charge in [-0.1, -0.05) is 25.5 Å². The van der Waals surface area contributed by atoms with E-state index in [4.69, 9.17) is 0 Å². The molecule has 1 aliphatic heterocycles. The largest absolute Gasteiger partial charge is 0.352 e. The Kier molecular flexibility index (Phi) is 7.83. The molecule has 0 aliphatic carbocycles. The van der Waals surface area contributed by atoms with E-state index in [1.165, 1.54) is 42.7 Å². The summed E-state index contributed by atoms with van der Waals surface area (Å²) in [6.07, 6.45) is 3.81. The summed E-state index contributed by atoms with van der Waals surface area (Å²) in [5.41, 5.74) is 0.356. The number of rotatable bonds is 9. The Morgan fingerprint density at radius 3 is 2.69 bits per heavy atom. The second-order valence-electron chi connectivity index (χ2n) is 7.61. The molecule has 3 rings (SSSR count). The highest BCUT2D eigenvalue weighted by molar-refractivity contribution is 7.89. The Hall–Kier alpha value is -1.74. The third-order valence-electron chi connectivity index (χ3n) is 5.05. The Labute approximate surface area is 177 Å². The quantitative estimate of drug-likeness (QED) is 0.635. The molecule has 1 unspecified atom stereocenters. The van der Waals surface area contributed by atoms with Gasteiger partial charge in [0.05, 0.1) is 4.90 Å². The van der Waals surface area contributed by atoms with Crippen molar-refractivity contribution in [1.82, 2.24) is 14.9 Å². The van der Waals surface area contributed by atoms with Crippen molar-refractivity contribution in [3.05, 3.63) is 52.2 Å². The van der Waals surface area contributed by atoms with Gasteiger partial charge in [-0.05, 0) is 61.5 Å². The summed E-state index contributed by atoms with van der Waals surface area (Å²) in [5.74, 6) is 0.0993. The minimum absolute atomic E-state index is 0.100. The lowest BCUT2D eigenvalue weighted by Crippen LogP contribution is -2.38. The van der Waals surface area contributed by atoms with Crippen molar-refractivity contribution < 1.29 is 13.2 Å². The maximum Gasteiger partial charge on any atom is 0.251 e. The maximum absolute atomic E-state index is 12.5. The highest BCUT2D eigenvalue weighted by atomic mass is 32.2. The number of carbonyl (C=O) groups is 1. The van der Waals surface area contributed by atoms with Gasteiger partial charge in [-0.15, -0.1) is 11.3 Å². The molecule has 1 saturated heterocycles. The molecule has 0 spiro atoms. The third kappa shape index (κ3) is 6.64. The second kappa shape index (κ2) is 10.3. The normalized spacial score (nSPS) is 16.4. The smallest absolute Gasteiger partial charge is 0.251 e. The van der Waals surface area contributed by atoms with Gasteiger partial charge in [0.25, 0.3) is 5.91 Å². The first-order chi connectivity index (χ1) is 13.9. The Morgan fingerprint density at radius 2 is 1.97 bits per heavy atom. The van der Waals surface area contributed by atoms with Crippen LogP contribution in [0.1, 0.15) is 41.4 Å². The van der Waals surface area contributed by atoms with Gasteiger partial charge < -0.3 is 10.2 Å². The molecule has 0 bridgehead atoms. The molecule has 1 aromatic heterocycles. The highest BCUT2D eigenvalue weighted by Gasteiger charge is 2.18. The van der Waals surface area contributed by atoms with Crippen molar-refractivity contribution in [3.63, 3.8) is 0 Å². The Bertz CT molecular complexity index is 892. The zero-order valence-electron chi connectivity index (χ0n) is 16.8. The number of benzene rings is 1. The van der Waals surface area contributed by atoms with Crippen molar-refractivity contribution in [2.75, 3.05) is 26.2 Å². The molecule has 0 radical (unpaired) electrons. The van der Waals surface area contributed by atoms with Crippen LogP contribution in [0.4, 0.5) is 0 Å². The number of sulfonamides is 1. The number of amides is 1. The van der Waals surface area contributed by atoms with Crippen LogP contribution in [-0.4, -0.2) is 45.4 Å². The number of piperidine rings is 1. The van der Waals surface area contributed by atoms with E-state index in [0.29, 0.717) is 18.0 Å². The van der Waals surface area contributed by atoms with Gasteiger partial charge in [0, 0.05) is 30.1 Å². The van der Waals surface area contributed by atoms with Crippen LogP contribution < -0.4 is 10.0 Å². The van der Waals surface area contributed by atoms with Crippen LogP contribution in [0.3, 0.4) is 0 Å². The van der Waals surface area contributed by atoms with Crippen LogP contribution in [0, 0.1) is 5.92 Å². The number of nitrogens with zero attached hydrogens (tertiary/aromatic N) is 1. The third-order valence-corrected chi connectivity index (χ3v) is 7.33. The molecule has 2 N–H and O–H groups in total. The fraction of sp³-hybridized carbons (Fsp3) is 0.476. The van der Waals surface area contributed by atoms with Crippen molar-refractivity contribution in [2.45, 2.75) is 37.6 Å². The molecule has 1 atom stereocenters. The first kappa shape index (κ1) is 22.0. The summed E-state index contributed by atoms with van der Waals surface area (Å²) < 4.78 is 27.7. The summed E-state index contributed by atoms with van der Waals surface area (Å²) in [7, 11) is -3.67. The first-order valence-electron chi connectivity index (χ1n) is 10.1. The van der Waals surface area contributed by atoms with Crippen molar-refractivity contribution >= 4 is 27.3 Å². The number of hydrogen-bond donors (Lipinski definition) is 2. The number of thiophene rings is 1. The van der Waals surface area contributed by atoms with Crippen LogP contribution in [0.5, 0.6) is 0 Å². The zero-order valence-corrected chi connectivity index (χ0v) is 18.4. The van der Waals surface area contributed by atoms with E-state index in [-0.39, 0.29) is 17.3 Å². The van der Waals surface area contributed by atoms with E-state index in [1.807, 2.05) is 17.5 Å². The lowest BCUT2D eigenvalue weighted by Gasteiger charge is -2.29. The van der Waals surface area contributed by atoms with E-state index in [9.17, 15) is 13.2 Å². The van der Waals surface area contributed by atoms with Crippen LogP contribution in [0.25, 0.3) is 0 Å². The molecular formula is C21H29N3O3S2. The lowest BCUT2D eigenvalue weighted by atomic mass is 10.1. The van der Waals surface area contributed by atoms with Crippen LogP contribution >= 0.6 is 11.3 Å². The average molecular weight is 436 g/mol. The lowest BCUT2D eigenvalue weighted by molar-refractivity contribution is 0.0942. The summed E-state index contributed by atoms with van der Waals surface area (Å²) in [6.45, 7) is 6.19. The molecule has 158 valence electrons. The van der Waals surface area contributed by atoms with Gasteiger partial charge in [-0.3, -0.25) is 4.79 Å². The van der Waals surface area contributed by atoms with E-state index in [1.54, 1.807) is 12.1 Å². The summed E-state index contributed by atoms with van der Waals surface area (Å²) in [5, 5.41) is 4.85. The van der Waals surface area contributed by atoms with Crippen molar-refractivity contribution in [3.8, 4) is 0 Å². The predicted molar refractivity (Wildman–Crippen MR) is 117 cm³/mol. The van der Waals surface area contributed by atoms with Gasteiger partial charge in [0.1, 0.15) is 0 Å². The SMILES string of the molecule is CC(CNC(=O)c1cccc(S(=O)(=O)NCc2cccs2)c1)CN1CCCCC1. The van der Waals surface area contributed by atoms with E-state index in [2.05, 4.69) is 21.9 Å². The second-order valence-corrected chi connectivity index (χ2v) is 10.4. The molecule has 8 heteroatoms. The summed E-state index contributed by atoms with van der Waals surface area (Å²) >= 11 is 1.49. The first-order valence-corrected chi connectivity index (χ1v) is 12.4. The molecule has 1 aliphatic rings. The van der Waals surface area contributed by atoms with Gasteiger partial charge in [-0.2, -0.15) is 0 Å². The van der Waals surface area contributed by atoms with Gasteiger partial charge >= 0.3 is 0 Å². The van der Waals surface area contributed by atoms with Crippen LogP contribution in [0.15, 0.2) is 46.7 Å². The maximum atomic E-state index is 12.5. The molecule has 1 aromatic carbocycles. The number of carbonyl (C=O) groups excluding carboxylic acids is 1. The van der Waals surface area contributed by atoms with Gasteiger partial charge in [0.2, 0.25) is 10.0 Å². The predicted octanol–water partition coefficient (Wildman–Crippen LogP) is 3.08. The molecule has 2 aromatic rings. The molecule has 2 heterocycles. The molecule has 0 saturated carbocycles. The number of nitrogens with one attached hydrogen (secondary N) is 2. The van der Waals surface area contributed by atoms with Crippen LogP contribution in [-0.2, 0) is 16.6 Å². The standard InChI is InChI=1S/C21H29N3O3S2/c1-17(16-24-10-3-2-4-11-24)14-22-21(25)18-7-5-9-20(13-18)29(26,27)23-15-19-8-6-12-28-19/h5-9,12-13,17,23H,2-4,10-11,14-16H2,1H3,(H,22,25). The molecule has 29 heavy (non-hydrogen) atoms. The van der Waals surface area contributed by atoms with E-state index in [0.717, 1.165) is 24.5 Å². The summed E-state index contributed by atoms with van der Waals surface area (Å²) in [6, 6.07) is 9.94. The Morgan fingerprint density at radius 1 is 1.17 bits per heavy atom. The fourth-order valence-corrected chi connectivity index (χ4v) is 5.27. The average Bonchev–Trinajstić information content (AvgIpc) is 3.25.